The van der Waals surface area contributed by atoms with Crippen molar-refractivity contribution in [3.8, 4) is 0 Å². The Kier molecular flexibility index (Phi) is 4.10. The number of nitrogens with zero attached hydrogens (tertiary/aromatic N) is 1. The van der Waals surface area contributed by atoms with Gasteiger partial charge in [0.1, 0.15) is 0 Å². The number of carbonyl (C=O) groups excluding carboxylic acids is 1. The Morgan fingerprint density at radius 2 is 1.88 bits per heavy atom. The van der Waals surface area contributed by atoms with Crippen LogP contribution in [0.25, 0.3) is 0 Å². The van der Waals surface area contributed by atoms with E-state index >= 15 is 0 Å². The molecule has 0 aliphatic carbocycles. The Hall–Kier alpha value is -2.35. The molecule has 2 heterocycles. The second kappa shape index (κ2) is 5.87. The van der Waals surface area contributed by atoms with Gasteiger partial charge in [-0.1, -0.05) is 44.2 Å². The van der Waals surface area contributed by atoms with Gasteiger partial charge in [-0.3, -0.25) is 9.89 Å². The monoisotopic (exact) mass is 353 g/mol. The summed E-state index contributed by atoms with van der Waals surface area (Å²) in [5, 5.41) is 19.2. The number of anilines is 1. The van der Waals surface area contributed by atoms with Crippen LogP contribution in [0.4, 0.5) is 19.0 Å². The molecule has 2 aromatic rings. The van der Waals surface area contributed by atoms with Gasteiger partial charge in [0.15, 0.2) is 11.4 Å². The van der Waals surface area contributed by atoms with Gasteiger partial charge in [-0.2, -0.15) is 18.3 Å². The van der Waals surface area contributed by atoms with E-state index in [1.165, 1.54) is 0 Å². The first-order valence-electron chi connectivity index (χ1n) is 7.88. The summed E-state index contributed by atoms with van der Waals surface area (Å²) in [6.45, 7) is 3.75. The van der Waals surface area contributed by atoms with Crippen LogP contribution in [0.5, 0.6) is 0 Å². The number of hydrogen-bond acceptors (Lipinski definition) is 3. The van der Waals surface area contributed by atoms with Crippen LogP contribution < -0.4 is 5.32 Å². The third kappa shape index (κ3) is 2.80. The van der Waals surface area contributed by atoms with Crippen molar-refractivity contribution >= 4 is 11.7 Å². The molecule has 1 aromatic heterocycles. The molecule has 0 radical (unpaired) electrons. The summed E-state index contributed by atoms with van der Waals surface area (Å²) in [7, 11) is 0. The lowest BCUT2D eigenvalue weighted by Gasteiger charge is -2.35. The highest BCUT2D eigenvalue weighted by molar-refractivity contribution is 5.94. The molecule has 134 valence electrons. The molecule has 5 nitrogen and oxygen atoms in total. The molecule has 0 fully saturated rings. The Balaban J connectivity index is 2.22. The lowest BCUT2D eigenvalue weighted by atomic mass is 9.78. The second-order valence-corrected chi connectivity index (χ2v) is 6.58. The maximum absolute atomic E-state index is 13.6. The van der Waals surface area contributed by atoms with Gasteiger partial charge in [0.25, 0.3) is 0 Å². The zero-order valence-electron chi connectivity index (χ0n) is 13.7. The van der Waals surface area contributed by atoms with Crippen molar-refractivity contribution in [1.82, 2.24) is 10.2 Å². The number of nitrogens with one attached hydrogen (secondary N) is 2. The van der Waals surface area contributed by atoms with Crippen molar-refractivity contribution in [3.63, 3.8) is 0 Å². The predicted octanol–water partition coefficient (Wildman–Crippen LogP) is 3.29. The fourth-order valence-electron chi connectivity index (χ4n) is 3.37. The summed E-state index contributed by atoms with van der Waals surface area (Å²) in [4.78, 5) is 11.6. The maximum atomic E-state index is 13.6. The predicted molar refractivity (Wildman–Crippen MR) is 84.9 cm³/mol. The Labute approximate surface area is 142 Å². The smallest absolute Gasteiger partial charge is 0.376 e. The van der Waals surface area contributed by atoms with Crippen LogP contribution in [0.15, 0.2) is 30.3 Å². The van der Waals surface area contributed by atoms with Crippen LogP contribution in [0.2, 0.25) is 0 Å². The third-order valence-electron chi connectivity index (χ3n) is 4.49. The van der Waals surface area contributed by atoms with Crippen molar-refractivity contribution in [2.45, 2.75) is 38.0 Å². The van der Waals surface area contributed by atoms with Gasteiger partial charge >= 0.3 is 6.18 Å². The van der Waals surface area contributed by atoms with Crippen LogP contribution in [-0.2, 0) is 10.4 Å². The zero-order valence-corrected chi connectivity index (χ0v) is 13.7. The number of aliphatic hydroxyl groups is 1. The minimum atomic E-state index is -5.00. The van der Waals surface area contributed by atoms with Gasteiger partial charge in [0.05, 0.1) is 17.7 Å². The van der Waals surface area contributed by atoms with Crippen LogP contribution in [-0.4, -0.2) is 27.4 Å². The second-order valence-electron chi connectivity index (χ2n) is 6.58. The number of hydrogen-bond donors (Lipinski definition) is 3. The molecule has 1 aliphatic heterocycles. The number of aromatic amines is 1. The first-order chi connectivity index (χ1) is 11.6. The van der Waals surface area contributed by atoms with E-state index in [1.807, 2.05) is 32.0 Å². The number of carbonyl (C=O) groups is 1. The normalized spacial score (nSPS) is 21.8. The number of halogens is 3. The molecule has 1 amide bonds. The Bertz CT molecular complexity index is 786. The van der Waals surface area contributed by atoms with E-state index in [-0.39, 0.29) is 17.4 Å². The van der Waals surface area contributed by atoms with Gasteiger partial charge in [0.2, 0.25) is 5.91 Å². The average Bonchev–Trinajstić information content (AvgIpc) is 2.91. The van der Waals surface area contributed by atoms with Crippen molar-refractivity contribution in [3.05, 3.63) is 47.2 Å². The summed E-state index contributed by atoms with van der Waals surface area (Å²) in [6.07, 6.45) is -6.09. The van der Waals surface area contributed by atoms with Gasteiger partial charge in [-0.15, -0.1) is 0 Å². The fourth-order valence-corrected chi connectivity index (χ4v) is 3.37. The molecule has 3 rings (SSSR count). The Morgan fingerprint density at radius 1 is 1.24 bits per heavy atom. The van der Waals surface area contributed by atoms with Crippen molar-refractivity contribution < 1.29 is 23.1 Å². The fraction of sp³-hybridized carbons (Fsp3) is 0.412. The van der Waals surface area contributed by atoms with Crippen LogP contribution in [0.1, 0.15) is 43.0 Å². The lowest BCUT2D eigenvalue weighted by molar-refractivity contribution is -0.267. The molecule has 0 saturated carbocycles. The molecule has 1 aromatic carbocycles. The first-order valence-corrected chi connectivity index (χ1v) is 7.88. The minimum Gasteiger partial charge on any atom is -0.376 e. The van der Waals surface area contributed by atoms with Crippen LogP contribution >= 0.6 is 0 Å². The minimum absolute atomic E-state index is 0.0675. The Morgan fingerprint density at radius 3 is 2.44 bits per heavy atom. The van der Waals surface area contributed by atoms with E-state index in [4.69, 9.17) is 0 Å². The van der Waals surface area contributed by atoms with Crippen molar-refractivity contribution in [2.75, 3.05) is 5.32 Å². The molecular weight excluding hydrogens is 335 g/mol. The van der Waals surface area contributed by atoms with E-state index in [9.17, 15) is 23.1 Å². The summed E-state index contributed by atoms with van der Waals surface area (Å²) >= 11 is 0. The number of benzene rings is 1. The topological polar surface area (TPSA) is 78.0 Å². The molecule has 0 saturated heterocycles. The summed E-state index contributed by atoms with van der Waals surface area (Å²) in [6, 6.07) is 9.03. The van der Waals surface area contributed by atoms with Gasteiger partial charge < -0.3 is 10.4 Å². The van der Waals surface area contributed by atoms with E-state index in [0.717, 1.165) is 5.56 Å². The van der Waals surface area contributed by atoms with Gasteiger partial charge in [-0.25, -0.2) is 0 Å². The van der Waals surface area contributed by atoms with E-state index in [0.29, 0.717) is 0 Å². The van der Waals surface area contributed by atoms with E-state index in [1.54, 1.807) is 12.1 Å². The first kappa shape index (κ1) is 17.5. The highest BCUT2D eigenvalue weighted by Crippen LogP contribution is 2.50. The highest BCUT2D eigenvalue weighted by Gasteiger charge is 2.61. The van der Waals surface area contributed by atoms with Crippen molar-refractivity contribution in [1.29, 1.82) is 0 Å². The number of rotatable bonds is 3. The zero-order chi connectivity index (χ0) is 18.4. The quantitative estimate of drug-likeness (QED) is 0.792. The molecule has 8 heteroatoms. The summed E-state index contributed by atoms with van der Waals surface area (Å²) < 4.78 is 40.9. The number of amides is 1. The number of fused-ring (bicyclic) bond motifs is 1. The van der Waals surface area contributed by atoms with Crippen molar-refractivity contribution in [2.24, 2.45) is 5.92 Å². The molecular formula is C17H18F3N3O2. The maximum Gasteiger partial charge on any atom is 0.422 e. The molecule has 3 N–H and O–H groups in total. The molecule has 0 spiro atoms. The van der Waals surface area contributed by atoms with E-state index in [2.05, 4.69) is 15.5 Å². The van der Waals surface area contributed by atoms with Crippen LogP contribution in [0, 0.1) is 5.92 Å². The number of alkyl halides is 3. The molecule has 2 atom stereocenters. The summed E-state index contributed by atoms with van der Waals surface area (Å²) in [5.41, 5.74) is -2.71. The molecule has 0 bridgehead atoms. The third-order valence-corrected chi connectivity index (χ3v) is 4.49. The SMILES string of the molecule is CC(C)C(c1ccccc1)c1[nH]nc2c1C(O)(C(F)(F)F)CC(=O)N2. The van der Waals surface area contributed by atoms with Crippen LogP contribution in [0.3, 0.4) is 0 Å². The van der Waals surface area contributed by atoms with E-state index < -0.39 is 35.6 Å². The highest BCUT2D eigenvalue weighted by atomic mass is 19.4. The van der Waals surface area contributed by atoms with Gasteiger partial charge in [0, 0.05) is 5.92 Å². The standard InChI is InChI=1S/C17H18F3N3O2/c1-9(2)12(10-6-4-3-5-7-10)14-13-15(23-22-14)21-11(24)8-16(13,25)17(18,19)20/h3-7,9,12,25H,8H2,1-2H3,(H2,21,22,23,24). The molecule has 25 heavy (non-hydrogen) atoms. The molecule has 2 unspecified atom stereocenters. The lowest BCUT2D eigenvalue weighted by Crippen LogP contribution is -2.48. The van der Waals surface area contributed by atoms with Gasteiger partial charge in [-0.05, 0) is 11.5 Å². The largest absolute Gasteiger partial charge is 0.422 e. The number of H-pyrrole nitrogens is 1. The molecule has 1 aliphatic rings. The summed E-state index contributed by atoms with van der Waals surface area (Å²) in [5.74, 6) is -1.71. The average molecular weight is 353 g/mol. The number of aromatic nitrogens is 2.